The number of likely N-dealkylation sites (N-methyl/N-ethyl adjacent to an activating group) is 1. The van der Waals surface area contributed by atoms with Crippen LogP contribution >= 0.6 is 15.9 Å². The van der Waals surface area contributed by atoms with E-state index in [1.54, 1.807) is 18.3 Å². The smallest absolute Gasteiger partial charge is 0.196 e. The molecule has 0 aliphatic rings. The Balaban J connectivity index is 2.16. The van der Waals surface area contributed by atoms with E-state index < -0.39 is 0 Å². The van der Waals surface area contributed by atoms with Crippen LogP contribution in [0.3, 0.4) is 0 Å². The van der Waals surface area contributed by atoms with Crippen molar-refractivity contribution >= 4 is 15.9 Å². The van der Waals surface area contributed by atoms with Gasteiger partial charge in [0.2, 0.25) is 0 Å². The fourth-order valence-electron chi connectivity index (χ4n) is 1.62. The molecule has 0 spiro atoms. The van der Waals surface area contributed by atoms with Gasteiger partial charge in [-0.25, -0.2) is 9.37 Å². The first kappa shape index (κ1) is 13.2. The third-order valence-electron chi connectivity index (χ3n) is 2.54. The Kier molecular flexibility index (Phi) is 4.49. The maximum Gasteiger partial charge on any atom is 0.196 e. The summed E-state index contributed by atoms with van der Waals surface area (Å²) in [4.78, 5) is 4.19. The van der Waals surface area contributed by atoms with Crippen molar-refractivity contribution in [2.75, 3.05) is 13.1 Å². The first-order chi connectivity index (χ1) is 8.72. The Bertz CT molecular complexity index is 527. The zero-order chi connectivity index (χ0) is 13.0. The van der Waals surface area contributed by atoms with Gasteiger partial charge >= 0.3 is 0 Å². The van der Waals surface area contributed by atoms with Crippen LogP contribution in [0, 0.1) is 5.82 Å². The molecule has 3 nitrogen and oxygen atoms in total. The fourth-order valence-corrected chi connectivity index (χ4v) is 2.08. The van der Waals surface area contributed by atoms with Gasteiger partial charge in [-0.05, 0) is 34.6 Å². The average molecular weight is 313 g/mol. The summed E-state index contributed by atoms with van der Waals surface area (Å²) < 4.78 is 19.4. The molecule has 2 aromatic rings. The van der Waals surface area contributed by atoms with Crippen LogP contribution in [-0.4, -0.2) is 18.1 Å². The first-order valence-electron chi connectivity index (χ1n) is 5.82. The molecule has 0 aliphatic carbocycles. The van der Waals surface area contributed by atoms with Gasteiger partial charge in [0.05, 0.1) is 10.7 Å². The Hall–Kier alpha value is -1.20. The molecule has 1 aromatic heterocycles. The lowest BCUT2D eigenvalue weighted by atomic mass is 10.2. The monoisotopic (exact) mass is 312 g/mol. The maximum absolute atomic E-state index is 13.4. The molecule has 0 fully saturated rings. The van der Waals surface area contributed by atoms with Gasteiger partial charge in [-0.15, -0.1) is 0 Å². The Morgan fingerprint density at radius 2 is 2.28 bits per heavy atom. The molecule has 0 saturated carbocycles. The second-order valence-electron chi connectivity index (χ2n) is 3.82. The van der Waals surface area contributed by atoms with Gasteiger partial charge in [0.1, 0.15) is 5.82 Å². The molecule has 1 heterocycles. The third kappa shape index (κ3) is 2.97. The molecule has 0 radical (unpaired) electrons. The van der Waals surface area contributed by atoms with E-state index >= 15 is 0 Å². The maximum atomic E-state index is 13.4. The summed E-state index contributed by atoms with van der Waals surface area (Å²) in [5, 5.41) is 3.20. The predicted molar refractivity (Wildman–Crippen MR) is 71.8 cm³/mol. The van der Waals surface area contributed by atoms with Crippen molar-refractivity contribution in [3.05, 3.63) is 40.6 Å². The van der Waals surface area contributed by atoms with Gasteiger partial charge < -0.3 is 9.73 Å². The van der Waals surface area contributed by atoms with Crippen molar-refractivity contribution in [2.24, 2.45) is 0 Å². The topological polar surface area (TPSA) is 38.1 Å². The van der Waals surface area contributed by atoms with Gasteiger partial charge in [0.15, 0.2) is 11.7 Å². The van der Waals surface area contributed by atoms with E-state index in [2.05, 4.69) is 26.2 Å². The van der Waals surface area contributed by atoms with Crippen LogP contribution in [0.25, 0.3) is 11.3 Å². The van der Waals surface area contributed by atoms with Crippen molar-refractivity contribution in [1.29, 1.82) is 0 Å². The van der Waals surface area contributed by atoms with E-state index in [-0.39, 0.29) is 5.82 Å². The van der Waals surface area contributed by atoms with Gasteiger partial charge in [-0.2, -0.15) is 0 Å². The summed E-state index contributed by atoms with van der Waals surface area (Å²) in [5.41, 5.74) is 0.678. The lowest BCUT2D eigenvalue weighted by Crippen LogP contribution is -2.16. The Labute approximate surface area is 114 Å². The summed E-state index contributed by atoms with van der Waals surface area (Å²) in [7, 11) is 0. The van der Waals surface area contributed by atoms with Crippen LogP contribution in [0.5, 0.6) is 0 Å². The molecule has 0 atom stereocenters. The molecule has 0 saturated heterocycles. The van der Waals surface area contributed by atoms with E-state index in [9.17, 15) is 4.39 Å². The van der Waals surface area contributed by atoms with Gasteiger partial charge in [0, 0.05) is 18.5 Å². The number of nitrogens with zero attached hydrogens (tertiary/aromatic N) is 1. The number of aromatic nitrogens is 1. The highest BCUT2D eigenvalue weighted by Gasteiger charge is 2.12. The molecule has 0 aliphatic heterocycles. The van der Waals surface area contributed by atoms with Crippen molar-refractivity contribution in [1.82, 2.24) is 10.3 Å². The van der Waals surface area contributed by atoms with Crippen LogP contribution in [0.4, 0.5) is 4.39 Å². The number of benzene rings is 1. The highest BCUT2D eigenvalue weighted by molar-refractivity contribution is 9.10. The van der Waals surface area contributed by atoms with Gasteiger partial charge in [-0.1, -0.05) is 13.0 Å². The van der Waals surface area contributed by atoms with Crippen LogP contribution in [0.15, 0.2) is 33.3 Å². The zero-order valence-corrected chi connectivity index (χ0v) is 11.6. The van der Waals surface area contributed by atoms with Crippen LogP contribution < -0.4 is 5.32 Å². The standard InChI is InChI=1S/C13H14BrFN2O/c1-2-16-7-6-12-17-8-11(18-12)9-4-3-5-10(15)13(9)14/h3-5,8,16H,2,6-7H2,1H3. The predicted octanol–water partition coefficient (Wildman–Crippen LogP) is 3.40. The summed E-state index contributed by atoms with van der Waals surface area (Å²) >= 11 is 3.21. The van der Waals surface area contributed by atoms with Crippen molar-refractivity contribution < 1.29 is 8.81 Å². The molecule has 1 aromatic carbocycles. The SMILES string of the molecule is CCNCCc1ncc(-c2cccc(F)c2Br)o1. The number of halogens is 2. The minimum absolute atomic E-state index is 0.307. The molecule has 18 heavy (non-hydrogen) atoms. The number of hydrogen-bond donors (Lipinski definition) is 1. The van der Waals surface area contributed by atoms with Gasteiger partial charge in [-0.3, -0.25) is 0 Å². The van der Waals surface area contributed by atoms with Gasteiger partial charge in [0.25, 0.3) is 0 Å². The lowest BCUT2D eigenvalue weighted by Gasteiger charge is -2.01. The minimum Gasteiger partial charge on any atom is -0.441 e. The quantitative estimate of drug-likeness (QED) is 0.860. The number of nitrogens with one attached hydrogen (secondary N) is 1. The average Bonchev–Trinajstić information content (AvgIpc) is 2.82. The van der Waals surface area contributed by atoms with Crippen molar-refractivity contribution in [3.8, 4) is 11.3 Å². The Morgan fingerprint density at radius 3 is 3.06 bits per heavy atom. The normalized spacial score (nSPS) is 10.8. The zero-order valence-electron chi connectivity index (χ0n) is 10.0. The van der Waals surface area contributed by atoms with E-state index in [1.165, 1.54) is 6.07 Å². The van der Waals surface area contributed by atoms with E-state index in [0.29, 0.717) is 21.7 Å². The minimum atomic E-state index is -0.307. The molecule has 0 bridgehead atoms. The number of hydrogen-bond acceptors (Lipinski definition) is 3. The van der Waals surface area contributed by atoms with Crippen molar-refractivity contribution in [3.63, 3.8) is 0 Å². The second-order valence-corrected chi connectivity index (χ2v) is 4.62. The summed E-state index contributed by atoms with van der Waals surface area (Å²) in [6.45, 7) is 3.79. The number of rotatable bonds is 5. The summed E-state index contributed by atoms with van der Waals surface area (Å²) in [5.74, 6) is 0.924. The highest BCUT2D eigenvalue weighted by atomic mass is 79.9. The molecular formula is C13H14BrFN2O. The third-order valence-corrected chi connectivity index (χ3v) is 3.34. The summed E-state index contributed by atoms with van der Waals surface area (Å²) in [6, 6.07) is 4.84. The molecule has 96 valence electrons. The second kappa shape index (κ2) is 6.11. The fraction of sp³-hybridized carbons (Fsp3) is 0.308. The molecule has 2 rings (SSSR count). The largest absolute Gasteiger partial charge is 0.441 e. The molecule has 1 N–H and O–H groups in total. The van der Waals surface area contributed by atoms with E-state index in [0.717, 1.165) is 19.5 Å². The van der Waals surface area contributed by atoms with Crippen LogP contribution in [-0.2, 0) is 6.42 Å². The number of oxazole rings is 1. The van der Waals surface area contributed by atoms with Crippen LogP contribution in [0.2, 0.25) is 0 Å². The Morgan fingerprint density at radius 1 is 1.44 bits per heavy atom. The summed E-state index contributed by atoms with van der Waals surface area (Å²) in [6.07, 6.45) is 2.35. The molecule has 0 amide bonds. The van der Waals surface area contributed by atoms with Crippen molar-refractivity contribution in [2.45, 2.75) is 13.3 Å². The highest BCUT2D eigenvalue weighted by Crippen LogP contribution is 2.30. The van der Waals surface area contributed by atoms with E-state index in [1.807, 2.05) is 6.92 Å². The van der Waals surface area contributed by atoms with Crippen LogP contribution in [0.1, 0.15) is 12.8 Å². The molecular weight excluding hydrogens is 299 g/mol. The first-order valence-corrected chi connectivity index (χ1v) is 6.61. The van der Waals surface area contributed by atoms with E-state index in [4.69, 9.17) is 4.42 Å². The molecule has 0 unspecified atom stereocenters. The molecule has 5 heteroatoms. The lowest BCUT2D eigenvalue weighted by molar-refractivity contribution is 0.496.